The Balaban J connectivity index is 2.12. The number of benzene rings is 1. The summed E-state index contributed by atoms with van der Waals surface area (Å²) in [4.78, 5) is 22.7. The van der Waals surface area contributed by atoms with Gasteiger partial charge in [-0.2, -0.15) is 0 Å². The lowest BCUT2D eigenvalue weighted by Gasteiger charge is -2.14. The molecule has 0 saturated carbocycles. The van der Waals surface area contributed by atoms with Crippen molar-refractivity contribution in [3.05, 3.63) is 34.3 Å². The topological polar surface area (TPSA) is 64.6 Å². The summed E-state index contributed by atoms with van der Waals surface area (Å²) in [7, 11) is 1.27. The zero-order valence-electron chi connectivity index (χ0n) is 9.68. The molecule has 2 atom stereocenters. The quantitative estimate of drug-likeness (QED) is 0.862. The third-order valence-corrected chi connectivity index (χ3v) is 3.17. The van der Waals surface area contributed by atoms with E-state index in [0.717, 1.165) is 10.0 Å². The normalized spacial score (nSPS) is 22.2. The highest BCUT2D eigenvalue weighted by molar-refractivity contribution is 9.10. The molecule has 0 aliphatic carbocycles. The number of halogens is 1. The lowest BCUT2D eigenvalue weighted by Crippen LogP contribution is -2.38. The van der Waals surface area contributed by atoms with E-state index in [-0.39, 0.29) is 0 Å². The second-order valence-electron chi connectivity index (χ2n) is 3.93. The molecule has 18 heavy (non-hydrogen) atoms. The molecule has 0 radical (unpaired) electrons. The molecule has 1 aromatic carbocycles. The first-order chi connectivity index (χ1) is 8.60. The summed E-state index contributed by atoms with van der Waals surface area (Å²) in [6.45, 7) is 0. The van der Waals surface area contributed by atoms with Crippen LogP contribution in [0.5, 0.6) is 0 Å². The van der Waals surface area contributed by atoms with Crippen LogP contribution in [0.3, 0.4) is 0 Å². The molecule has 1 aliphatic heterocycles. The molecule has 2 rings (SSSR count). The van der Waals surface area contributed by atoms with Crippen molar-refractivity contribution < 1.29 is 19.1 Å². The molecule has 1 amide bonds. The Kier molecular flexibility index (Phi) is 3.86. The van der Waals surface area contributed by atoms with Gasteiger partial charge >= 0.3 is 12.1 Å². The van der Waals surface area contributed by atoms with Crippen LogP contribution in [0.2, 0.25) is 0 Å². The predicted octanol–water partition coefficient (Wildman–Crippen LogP) is 1.64. The van der Waals surface area contributed by atoms with Crippen LogP contribution in [-0.4, -0.2) is 31.3 Å². The SMILES string of the molecule is COC(=O)[C@H]1OC(=O)N[C@H]1Cc1cccc(Br)c1. The van der Waals surface area contributed by atoms with Gasteiger partial charge in [0, 0.05) is 4.47 Å². The molecule has 96 valence electrons. The van der Waals surface area contributed by atoms with Crippen LogP contribution in [0.15, 0.2) is 28.7 Å². The van der Waals surface area contributed by atoms with Crippen LogP contribution in [0, 0.1) is 0 Å². The fourth-order valence-corrected chi connectivity index (χ4v) is 2.31. The molecule has 1 aromatic rings. The van der Waals surface area contributed by atoms with Crippen molar-refractivity contribution >= 4 is 28.0 Å². The Morgan fingerprint density at radius 1 is 1.56 bits per heavy atom. The first-order valence-corrected chi connectivity index (χ1v) is 6.19. The zero-order valence-corrected chi connectivity index (χ0v) is 11.3. The zero-order chi connectivity index (χ0) is 13.1. The van der Waals surface area contributed by atoms with Crippen LogP contribution in [0.1, 0.15) is 5.56 Å². The average Bonchev–Trinajstić information content (AvgIpc) is 2.69. The number of amides is 1. The summed E-state index contributed by atoms with van der Waals surface area (Å²) in [6, 6.07) is 7.25. The van der Waals surface area contributed by atoms with Gasteiger partial charge in [-0.15, -0.1) is 0 Å². The van der Waals surface area contributed by atoms with E-state index in [2.05, 4.69) is 26.0 Å². The van der Waals surface area contributed by atoms with Crippen molar-refractivity contribution in [1.82, 2.24) is 5.32 Å². The first-order valence-electron chi connectivity index (χ1n) is 5.39. The van der Waals surface area contributed by atoms with Gasteiger partial charge in [0.05, 0.1) is 13.2 Å². The minimum Gasteiger partial charge on any atom is -0.466 e. The van der Waals surface area contributed by atoms with Gasteiger partial charge in [0.1, 0.15) is 0 Å². The monoisotopic (exact) mass is 313 g/mol. The van der Waals surface area contributed by atoms with Gasteiger partial charge in [-0.3, -0.25) is 0 Å². The molecule has 0 spiro atoms. The van der Waals surface area contributed by atoms with E-state index < -0.39 is 24.2 Å². The number of carbonyl (C=O) groups is 2. The summed E-state index contributed by atoms with van der Waals surface area (Å²) in [5, 5.41) is 2.61. The fraction of sp³-hybridized carbons (Fsp3) is 0.333. The third kappa shape index (κ3) is 2.81. The molecule has 5 nitrogen and oxygen atoms in total. The number of cyclic esters (lactones) is 1. The van der Waals surface area contributed by atoms with Crippen molar-refractivity contribution in [3.63, 3.8) is 0 Å². The number of nitrogens with one attached hydrogen (secondary N) is 1. The lowest BCUT2D eigenvalue weighted by atomic mass is 10.0. The highest BCUT2D eigenvalue weighted by Crippen LogP contribution is 2.18. The highest BCUT2D eigenvalue weighted by Gasteiger charge is 2.40. The summed E-state index contributed by atoms with van der Waals surface area (Å²) in [5.74, 6) is -0.548. The summed E-state index contributed by atoms with van der Waals surface area (Å²) in [5.41, 5.74) is 0.995. The maximum Gasteiger partial charge on any atom is 0.408 e. The molecule has 0 aromatic heterocycles. The van der Waals surface area contributed by atoms with Crippen LogP contribution >= 0.6 is 15.9 Å². The highest BCUT2D eigenvalue weighted by atomic mass is 79.9. The molecule has 0 bridgehead atoms. The molecule has 6 heteroatoms. The number of alkyl carbamates (subject to hydrolysis) is 1. The van der Waals surface area contributed by atoms with Gasteiger partial charge in [0.2, 0.25) is 6.10 Å². The van der Waals surface area contributed by atoms with Crippen LogP contribution < -0.4 is 5.32 Å². The number of carbonyl (C=O) groups excluding carboxylic acids is 2. The fourth-order valence-electron chi connectivity index (χ4n) is 1.86. The lowest BCUT2D eigenvalue weighted by molar-refractivity contribution is -0.149. The largest absolute Gasteiger partial charge is 0.466 e. The molecule has 1 N–H and O–H groups in total. The Hall–Kier alpha value is -1.56. The maximum absolute atomic E-state index is 11.5. The van der Waals surface area contributed by atoms with E-state index >= 15 is 0 Å². The molecular weight excluding hydrogens is 302 g/mol. The number of ether oxygens (including phenoxy) is 2. The van der Waals surface area contributed by atoms with Gasteiger partial charge in [0.15, 0.2) is 0 Å². The number of hydrogen-bond acceptors (Lipinski definition) is 4. The van der Waals surface area contributed by atoms with Crippen LogP contribution in [0.4, 0.5) is 4.79 Å². The summed E-state index contributed by atoms with van der Waals surface area (Å²) in [6.07, 6.45) is -0.975. The Labute approximate surface area is 113 Å². The van der Waals surface area contributed by atoms with E-state index in [4.69, 9.17) is 4.74 Å². The summed E-state index contributed by atoms with van der Waals surface area (Å²) >= 11 is 3.37. The van der Waals surface area contributed by atoms with E-state index in [0.29, 0.717) is 6.42 Å². The Morgan fingerprint density at radius 2 is 2.33 bits per heavy atom. The van der Waals surface area contributed by atoms with Crippen molar-refractivity contribution in [2.75, 3.05) is 7.11 Å². The average molecular weight is 314 g/mol. The molecule has 1 heterocycles. The molecule has 1 aliphatic rings. The van der Waals surface area contributed by atoms with Gasteiger partial charge in [0.25, 0.3) is 0 Å². The second-order valence-corrected chi connectivity index (χ2v) is 4.85. The molecule has 0 unspecified atom stereocenters. The molecule has 1 saturated heterocycles. The molecule has 1 fully saturated rings. The Bertz CT molecular complexity index is 477. The van der Waals surface area contributed by atoms with E-state index in [1.807, 2.05) is 24.3 Å². The number of methoxy groups -OCH3 is 1. The first kappa shape index (κ1) is 12.9. The van der Waals surface area contributed by atoms with E-state index in [1.54, 1.807) is 0 Å². The van der Waals surface area contributed by atoms with Crippen LogP contribution in [-0.2, 0) is 20.7 Å². The molecular formula is C12H12BrNO4. The van der Waals surface area contributed by atoms with E-state index in [9.17, 15) is 9.59 Å². The third-order valence-electron chi connectivity index (χ3n) is 2.68. The van der Waals surface area contributed by atoms with E-state index in [1.165, 1.54) is 7.11 Å². The number of hydrogen-bond donors (Lipinski definition) is 1. The van der Waals surface area contributed by atoms with Gasteiger partial charge in [-0.1, -0.05) is 28.1 Å². The van der Waals surface area contributed by atoms with Gasteiger partial charge < -0.3 is 14.8 Å². The minimum atomic E-state index is -0.888. The van der Waals surface area contributed by atoms with Crippen molar-refractivity contribution in [2.24, 2.45) is 0 Å². The summed E-state index contributed by atoms with van der Waals surface area (Å²) < 4.78 is 10.4. The Morgan fingerprint density at radius 3 is 3.00 bits per heavy atom. The minimum absolute atomic E-state index is 0.403. The van der Waals surface area contributed by atoms with Gasteiger partial charge in [-0.25, -0.2) is 9.59 Å². The van der Waals surface area contributed by atoms with Crippen molar-refractivity contribution in [1.29, 1.82) is 0 Å². The number of esters is 1. The standard InChI is InChI=1S/C12H12BrNO4/c1-17-11(15)10-9(14-12(16)18-10)6-7-3-2-4-8(13)5-7/h2-5,9-10H,6H2,1H3,(H,14,16)/t9-,10-/m0/s1. The van der Waals surface area contributed by atoms with Crippen molar-refractivity contribution in [2.45, 2.75) is 18.6 Å². The second kappa shape index (κ2) is 5.39. The van der Waals surface area contributed by atoms with Gasteiger partial charge in [-0.05, 0) is 24.1 Å². The predicted molar refractivity (Wildman–Crippen MR) is 67.1 cm³/mol. The smallest absolute Gasteiger partial charge is 0.408 e. The van der Waals surface area contributed by atoms with Crippen molar-refractivity contribution in [3.8, 4) is 0 Å². The number of rotatable bonds is 3. The maximum atomic E-state index is 11.5. The van der Waals surface area contributed by atoms with Crippen LogP contribution in [0.25, 0.3) is 0 Å².